The molecule has 0 saturated carbocycles. The molecule has 0 radical (unpaired) electrons. The van der Waals surface area contributed by atoms with Crippen molar-refractivity contribution in [2.75, 3.05) is 6.54 Å². The predicted molar refractivity (Wildman–Crippen MR) is 109 cm³/mol. The summed E-state index contributed by atoms with van der Waals surface area (Å²) >= 11 is 1.28. The molecule has 142 valence electrons. The van der Waals surface area contributed by atoms with E-state index < -0.39 is 5.69 Å². The summed E-state index contributed by atoms with van der Waals surface area (Å²) in [5, 5.41) is 4.59. The minimum absolute atomic E-state index is 0.110. The van der Waals surface area contributed by atoms with Gasteiger partial charge in [-0.25, -0.2) is 9.36 Å². The molecular weight excluding hydrogens is 362 g/mol. The maximum atomic E-state index is 13.1. The highest BCUT2D eigenvalue weighted by Gasteiger charge is 2.17. The van der Waals surface area contributed by atoms with Crippen LogP contribution in [0.1, 0.15) is 30.9 Å². The topological polar surface area (TPSA) is 73.1 Å². The van der Waals surface area contributed by atoms with E-state index in [0.29, 0.717) is 22.4 Å². The molecule has 0 saturated heterocycles. The van der Waals surface area contributed by atoms with Crippen molar-refractivity contribution in [3.05, 3.63) is 61.6 Å². The van der Waals surface area contributed by atoms with Crippen molar-refractivity contribution in [2.24, 2.45) is 0 Å². The Balaban J connectivity index is 2.14. The third-order valence-corrected chi connectivity index (χ3v) is 5.27. The summed E-state index contributed by atoms with van der Waals surface area (Å²) in [6.07, 6.45) is 1.86. The summed E-state index contributed by atoms with van der Waals surface area (Å²) < 4.78 is 3.01. The highest BCUT2D eigenvalue weighted by molar-refractivity contribution is 7.17. The molecule has 2 aromatic heterocycles. The smallest absolute Gasteiger partial charge is 0.336 e. The van der Waals surface area contributed by atoms with E-state index >= 15 is 0 Å². The summed E-state index contributed by atoms with van der Waals surface area (Å²) in [5.41, 5.74) is 2.11. The number of nitrogens with zero attached hydrogens (tertiary/aromatic N) is 2. The van der Waals surface area contributed by atoms with Crippen LogP contribution in [0.3, 0.4) is 0 Å². The zero-order valence-corrected chi connectivity index (χ0v) is 16.6. The van der Waals surface area contributed by atoms with Crippen LogP contribution in [0.2, 0.25) is 0 Å². The van der Waals surface area contributed by atoms with Crippen molar-refractivity contribution in [2.45, 2.75) is 40.2 Å². The van der Waals surface area contributed by atoms with Gasteiger partial charge in [-0.1, -0.05) is 19.4 Å². The second-order valence-corrected chi connectivity index (χ2v) is 7.61. The highest BCUT2D eigenvalue weighted by Crippen LogP contribution is 2.17. The third-order valence-electron chi connectivity index (χ3n) is 4.37. The van der Waals surface area contributed by atoms with Crippen LogP contribution in [0.5, 0.6) is 0 Å². The van der Waals surface area contributed by atoms with Gasteiger partial charge in [0, 0.05) is 6.54 Å². The number of fused-ring (bicyclic) bond motifs is 1. The average Bonchev–Trinajstić information content (AvgIpc) is 3.08. The van der Waals surface area contributed by atoms with Crippen LogP contribution in [0, 0.1) is 13.8 Å². The molecule has 7 heteroatoms. The lowest BCUT2D eigenvalue weighted by Gasteiger charge is -2.13. The van der Waals surface area contributed by atoms with Crippen LogP contribution >= 0.6 is 11.3 Å². The Labute approximate surface area is 161 Å². The van der Waals surface area contributed by atoms with Crippen LogP contribution in [-0.4, -0.2) is 21.6 Å². The maximum absolute atomic E-state index is 13.1. The molecule has 0 unspecified atom stereocenters. The molecule has 3 rings (SSSR count). The fourth-order valence-corrected chi connectivity index (χ4v) is 3.98. The number of aromatic nitrogens is 2. The van der Waals surface area contributed by atoms with Gasteiger partial charge >= 0.3 is 5.69 Å². The molecule has 1 N–H and O–H groups in total. The number of aryl methyl sites for hydroxylation is 2. The van der Waals surface area contributed by atoms with E-state index in [2.05, 4.69) is 5.32 Å². The first-order valence-electron chi connectivity index (χ1n) is 9.00. The van der Waals surface area contributed by atoms with Gasteiger partial charge in [-0.05, 0) is 55.0 Å². The number of benzene rings is 1. The van der Waals surface area contributed by atoms with Crippen LogP contribution in [0.15, 0.2) is 39.2 Å². The Hall–Kier alpha value is -2.67. The van der Waals surface area contributed by atoms with Gasteiger partial charge in [0.1, 0.15) is 11.2 Å². The molecule has 0 aliphatic heterocycles. The lowest BCUT2D eigenvalue weighted by atomic mass is 10.1. The number of unbranched alkanes of at least 4 members (excludes halogenated alkanes) is 1. The first-order chi connectivity index (χ1) is 12.9. The van der Waals surface area contributed by atoms with Gasteiger partial charge in [-0.2, -0.15) is 0 Å². The lowest BCUT2D eigenvalue weighted by molar-refractivity contribution is -0.121. The van der Waals surface area contributed by atoms with Crippen molar-refractivity contribution < 1.29 is 4.79 Å². The van der Waals surface area contributed by atoms with Crippen molar-refractivity contribution in [1.29, 1.82) is 0 Å². The number of thiophene rings is 1. The van der Waals surface area contributed by atoms with E-state index in [1.54, 1.807) is 23.6 Å². The predicted octanol–water partition coefficient (Wildman–Crippen LogP) is 2.75. The monoisotopic (exact) mass is 385 g/mol. The molecule has 0 aliphatic carbocycles. The molecule has 0 spiro atoms. The summed E-state index contributed by atoms with van der Waals surface area (Å²) in [6.45, 7) is 6.36. The third kappa shape index (κ3) is 3.88. The van der Waals surface area contributed by atoms with Gasteiger partial charge in [-0.15, -0.1) is 11.3 Å². The molecule has 0 aliphatic rings. The zero-order chi connectivity index (χ0) is 19.6. The second-order valence-electron chi connectivity index (χ2n) is 6.69. The molecule has 1 aromatic carbocycles. The fraction of sp³-hybridized carbons (Fsp3) is 0.350. The van der Waals surface area contributed by atoms with Crippen molar-refractivity contribution in [1.82, 2.24) is 14.5 Å². The Kier molecular flexibility index (Phi) is 5.60. The van der Waals surface area contributed by atoms with Crippen molar-refractivity contribution in [3.63, 3.8) is 0 Å². The van der Waals surface area contributed by atoms with E-state index in [4.69, 9.17) is 0 Å². The summed E-state index contributed by atoms with van der Waals surface area (Å²) in [4.78, 5) is 38.4. The van der Waals surface area contributed by atoms with Gasteiger partial charge in [0.05, 0.1) is 11.2 Å². The fourth-order valence-electron chi connectivity index (χ4n) is 3.15. The molecule has 0 fully saturated rings. The van der Waals surface area contributed by atoms with Crippen LogP contribution in [0.25, 0.3) is 15.9 Å². The maximum Gasteiger partial charge on any atom is 0.336 e. The van der Waals surface area contributed by atoms with Crippen LogP contribution in [0.4, 0.5) is 0 Å². The number of nitrogens with one attached hydrogen (secondary N) is 1. The van der Waals surface area contributed by atoms with Gasteiger partial charge in [-0.3, -0.25) is 14.2 Å². The van der Waals surface area contributed by atoms with E-state index in [9.17, 15) is 14.4 Å². The lowest BCUT2D eigenvalue weighted by Crippen LogP contribution is -2.41. The number of rotatable bonds is 6. The number of hydrogen-bond acceptors (Lipinski definition) is 4. The second kappa shape index (κ2) is 7.92. The number of amides is 1. The minimum Gasteiger partial charge on any atom is -0.355 e. The summed E-state index contributed by atoms with van der Waals surface area (Å²) in [6, 6.07) is 7.31. The van der Waals surface area contributed by atoms with Crippen LogP contribution < -0.4 is 16.6 Å². The summed E-state index contributed by atoms with van der Waals surface area (Å²) in [5.74, 6) is -0.233. The Morgan fingerprint density at radius 2 is 1.85 bits per heavy atom. The van der Waals surface area contributed by atoms with Gasteiger partial charge in [0.25, 0.3) is 5.56 Å². The van der Waals surface area contributed by atoms with Gasteiger partial charge < -0.3 is 5.32 Å². The van der Waals surface area contributed by atoms with Crippen LogP contribution in [-0.2, 0) is 11.3 Å². The van der Waals surface area contributed by atoms with E-state index in [-0.39, 0.29) is 18.0 Å². The average molecular weight is 385 g/mol. The molecule has 27 heavy (non-hydrogen) atoms. The number of carbonyl (C=O) groups is 1. The minimum atomic E-state index is -0.499. The van der Waals surface area contributed by atoms with Gasteiger partial charge in [0.15, 0.2) is 0 Å². The van der Waals surface area contributed by atoms with Crippen molar-refractivity contribution in [3.8, 4) is 5.69 Å². The van der Waals surface area contributed by atoms with E-state index in [1.165, 1.54) is 15.9 Å². The largest absolute Gasteiger partial charge is 0.355 e. The molecule has 0 bridgehead atoms. The molecule has 3 aromatic rings. The number of hydrogen-bond donors (Lipinski definition) is 1. The molecule has 1 amide bonds. The van der Waals surface area contributed by atoms with E-state index in [0.717, 1.165) is 28.5 Å². The zero-order valence-electron chi connectivity index (χ0n) is 15.7. The quantitative estimate of drug-likeness (QED) is 0.663. The number of carbonyl (C=O) groups excluding carboxylic acids is 1. The Morgan fingerprint density at radius 1 is 1.15 bits per heavy atom. The molecule has 2 heterocycles. The summed E-state index contributed by atoms with van der Waals surface area (Å²) in [7, 11) is 0. The standard InChI is InChI=1S/C20H23N3O3S/c1-4-5-7-21-17(24)12-22-16-6-8-27-18(16)19(25)23(20(22)26)15-10-13(2)9-14(3)11-15/h6,8-11H,4-5,7,12H2,1-3H3,(H,21,24). The van der Waals surface area contributed by atoms with Crippen molar-refractivity contribution >= 4 is 27.5 Å². The normalized spacial score (nSPS) is 11.1. The Bertz CT molecular complexity index is 1090. The SMILES string of the molecule is CCCCNC(=O)Cn1c(=O)n(-c2cc(C)cc(C)c2)c(=O)c2sccc21. The first-order valence-corrected chi connectivity index (χ1v) is 9.88. The molecule has 6 nitrogen and oxygen atoms in total. The first kappa shape index (κ1) is 19.1. The molecule has 0 atom stereocenters. The molecular formula is C20H23N3O3S. The van der Waals surface area contributed by atoms with E-state index in [1.807, 2.05) is 26.8 Å². The Morgan fingerprint density at radius 3 is 2.52 bits per heavy atom. The highest BCUT2D eigenvalue weighted by atomic mass is 32.1. The van der Waals surface area contributed by atoms with Gasteiger partial charge in [0.2, 0.25) is 5.91 Å².